The normalized spacial score (nSPS) is 45.8. The molecule has 0 radical (unpaired) electrons. The molecule has 2 aliphatic carbocycles. The van der Waals surface area contributed by atoms with Crippen molar-refractivity contribution in [3.63, 3.8) is 0 Å². The van der Waals surface area contributed by atoms with Crippen molar-refractivity contribution < 1.29 is 19.7 Å². The molecule has 0 bridgehead atoms. The zero-order valence-electron chi connectivity index (χ0n) is 11.6. The van der Waals surface area contributed by atoms with Crippen LogP contribution in [0.15, 0.2) is 11.1 Å². The molecule has 106 valence electrons. The molecule has 0 spiro atoms. The minimum absolute atomic E-state index is 0.0289. The minimum atomic E-state index is -0.797. The fourth-order valence-electron chi connectivity index (χ4n) is 4.59. The van der Waals surface area contributed by atoms with Crippen LogP contribution in [0.1, 0.15) is 46.0 Å². The lowest BCUT2D eigenvalue weighted by Crippen LogP contribution is -2.56. The summed E-state index contributed by atoms with van der Waals surface area (Å²) in [4.78, 5) is 11.8. The van der Waals surface area contributed by atoms with Crippen LogP contribution in [0, 0.1) is 11.3 Å². The van der Waals surface area contributed by atoms with E-state index in [4.69, 9.17) is 4.74 Å². The van der Waals surface area contributed by atoms with Crippen LogP contribution in [0.4, 0.5) is 0 Å². The van der Waals surface area contributed by atoms with Gasteiger partial charge in [0, 0.05) is 5.92 Å². The second kappa shape index (κ2) is 4.06. The highest BCUT2D eigenvalue weighted by atomic mass is 16.6. The number of rotatable bonds is 1. The molecule has 4 heteroatoms. The van der Waals surface area contributed by atoms with Crippen molar-refractivity contribution in [2.75, 3.05) is 6.61 Å². The van der Waals surface area contributed by atoms with E-state index in [-0.39, 0.29) is 24.0 Å². The third-order valence-electron chi connectivity index (χ3n) is 5.49. The van der Waals surface area contributed by atoms with Gasteiger partial charge in [-0.3, -0.25) is 0 Å². The van der Waals surface area contributed by atoms with Gasteiger partial charge < -0.3 is 14.9 Å². The van der Waals surface area contributed by atoms with E-state index in [1.807, 2.05) is 6.92 Å². The molecule has 3 aliphatic rings. The number of carbonyl (C=O) groups is 1. The fourth-order valence-corrected chi connectivity index (χ4v) is 4.59. The Balaban J connectivity index is 2.04. The van der Waals surface area contributed by atoms with Gasteiger partial charge in [-0.15, -0.1) is 0 Å². The number of hydrogen-bond donors (Lipinski definition) is 2. The highest BCUT2D eigenvalue weighted by Gasteiger charge is 2.58. The molecule has 0 aromatic rings. The Bertz CT molecular complexity index is 451. The summed E-state index contributed by atoms with van der Waals surface area (Å²) in [5, 5.41) is 20.1. The maximum Gasteiger partial charge on any atom is 0.337 e. The van der Waals surface area contributed by atoms with E-state index in [0.717, 1.165) is 37.7 Å². The molecule has 0 amide bonds. The molecule has 4 atom stereocenters. The van der Waals surface area contributed by atoms with Gasteiger partial charge in [0.15, 0.2) is 0 Å². The smallest absolute Gasteiger partial charge is 0.337 e. The zero-order chi connectivity index (χ0) is 13.8. The van der Waals surface area contributed by atoms with Crippen LogP contribution >= 0.6 is 0 Å². The number of ether oxygens (including phenoxy) is 1. The van der Waals surface area contributed by atoms with Crippen molar-refractivity contribution in [2.45, 2.75) is 57.7 Å². The molecule has 19 heavy (non-hydrogen) atoms. The van der Waals surface area contributed by atoms with Crippen molar-refractivity contribution >= 4 is 5.97 Å². The third-order valence-corrected chi connectivity index (χ3v) is 5.49. The number of aliphatic hydroxyl groups is 2. The van der Waals surface area contributed by atoms with E-state index >= 15 is 0 Å². The second-order valence-electron chi connectivity index (χ2n) is 6.83. The summed E-state index contributed by atoms with van der Waals surface area (Å²) < 4.78 is 5.51. The van der Waals surface area contributed by atoms with Crippen LogP contribution < -0.4 is 0 Å². The average Bonchev–Trinajstić information content (AvgIpc) is 2.62. The first-order chi connectivity index (χ1) is 8.89. The quantitative estimate of drug-likeness (QED) is 0.707. The first-order valence-electron chi connectivity index (χ1n) is 7.15. The van der Waals surface area contributed by atoms with E-state index in [2.05, 4.69) is 6.92 Å². The maximum absolute atomic E-state index is 11.8. The van der Waals surface area contributed by atoms with Gasteiger partial charge in [0.05, 0.1) is 17.8 Å². The van der Waals surface area contributed by atoms with E-state index < -0.39 is 11.6 Å². The first-order valence-corrected chi connectivity index (χ1v) is 7.15. The fraction of sp³-hybridized carbons (Fsp3) is 0.800. The van der Waals surface area contributed by atoms with Gasteiger partial charge in [0.2, 0.25) is 0 Å². The van der Waals surface area contributed by atoms with E-state index in [1.165, 1.54) is 0 Å². The summed E-state index contributed by atoms with van der Waals surface area (Å²) in [5.41, 5.74) is 0.584. The lowest BCUT2D eigenvalue weighted by molar-refractivity contribution is -0.169. The van der Waals surface area contributed by atoms with Crippen molar-refractivity contribution in [2.24, 2.45) is 11.3 Å². The summed E-state index contributed by atoms with van der Waals surface area (Å²) in [7, 11) is 0. The number of fused-ring (bicyclic) bond motifs is 3. The number of hydrogen-bond acceptors (Lipinski definition) is 4. The SMILES string of the molecule is C[C@]12CCC[C@@](C)(O)[C@@H]1[C@H]1OC(=O)C(CO)=C1CC2. The summed E-state index contributed by atoms with van der Waals surface area (Å²) in [6, 6.07) is 0. The molecule has 2 N–H and O–H groups in total. The molecule has 1 heterocycles. The molecule has 0 aromatic carbocycles. The van der Waals surface area contributed by atoms with Gasteiger partial charge in [0.25, 0.3) is 0 Å². The van der Waals surface area contributed by atoms with Crippen molar-refractivity contribution in [1.82, 2.24) is 0 Å². The molecule has 4 nitrogen and oxygen atoms in total. The van der Waals surface area contributed by atoms with Crippen molar-refractivity contribution in [3.8, 4) is 0 Å². The van der Waals surface area contributed by atoms with Gasteiger partial charge in [-0.1, -0.05) is 13.3 Å². The molecule has 2 fully saturated rings. The van der Waals surface area contributed by atoms with E-state index in [1.54, 1.807) is 0 Å². The van der Waals surface area contributed by atoms with Gasteiger partial charge in [-0.25, -0.2) is 4.79 Å². The van der Waals surface area contributed by atoms with Gasteiger partial charge in [-0.2, -0.15) is 0 Å². The molecular weight excluding hydrogens is 244 g/mol. The van der Waals surface area contributed by atoms with Crippen LogP contribution in [0.2, 0.25) is 0 Å². The van der Waals surface area contributed by atoms with Crippen molar-refractivity contribution in [1.29, 1.82) is 0 Å². The molecular formula is C15H22O4. The Kier molecular flexibility index (Phi) is 2.81. The number of esters is 1. The molecule has 0 aromatic heterocycles. The Labute approximate surface area is 113 Å². The minimum Gasteiger partial charge on any atom is -0.454 e. The second-order valence-corrected chi connectivity index (χ2v) is 6.83. The summed E-state index contributed by atoms with van der Waals surface area (Å²) >= 11 is 0. The first kappa shape index (κ1) is 13.1. The topological polar surface area (TPSA) is 66.8 Å². The molecule has 0 saturated heterocycles. The number of aliphatic hydroxyl groups excluding tert-OH is 1. The Hall–Kier alpha value is -0.870. The van der Waals surface area contributed by atoms with Gasteiger partial charge in [0.1, 0.15) is 6.10 Å². The van der Waals surface area contributed by atoms with E-state index in [0.29, 0.717) is 5.57 Å². The standard InChI is InChI=1S/C15H22O4/c1-14-5-3-6-15(2,18)12(14)11-9(4-7-14)10(8-16)13(17)19-11/h11-12,16,18H,3-8H2,1-2H3/t11-,12+,14+,15+/m0/s1. The Morgan fingerprint density at radius 1 is 1.32 bits per heavy atom. The Morgan fingerprint density at radius 2 is 2.05 bits per heavy atom. The highest BCUT2D eigenvalue weighted by Crippen LogP contribution is 2.57. The largest absolute Gasteiger partial charge is 0.454 e. The van der Waals surface area contributed by atoms with Crippen molar-refractivity contribution in [3.05, 3.63) is 11.1 Å². The summed E-state index contributed by atoms with van der Waals surface area (Å²) in [6.07, 6.45) is 4.28. The maximum atomic E-state index is 11.8. The van der Waals surface area contributed by atoms with Crippen LogP contribution in [0.5, 0.6) is 0 Å². The highest BCUT2D eigenvalue weighted by molar-refractivity contribution is 5.92. The van der Waals surface area contributed by atoms with Crippen LogP contribution in [0.25, 0.3) is 0 Å². The molecule has 1 aliphatic heterocycles. The average molecular weight is 266 g/mol. The van der Waals surface area contributed by atoms with Gasteiger partial charge >= 0.3 is 5.97 Å². The predicted molar refractivity (Wildman–Crippen MR) is 69.3 cm³/mol. The molecule has 3 rings (SSSR count). The third kappa shape index (κ3) is 1.77. The predicted octanol–water partition coefficient (Wildman–Crippen LogP) is 1.55. The summed E-state index contributed by atoms with van der Waals surface area (Å²) in [5.74, 6) is -0.446. The lowest BCUT2D eigenvalue weighted by Gasteiger charge is -2.54. The van der Waals surface area contributed by atoms with Crippen LogP contribution in [0.3, 0.4) is 0 Å². The monoisotopic (exact) mass is 266 g/mol. The Morgan fingerprint density at radius 3 is 2.74 bits per heavy atom. The zero-order valence-corrected chi connectivity index (χ0v) is 11.6. The van der Waals surface area contributed by atoms with Gasteiger partial charge in [-0.05, 0) is 43.6 Å². The van der Waals surface area contributed by atoms with Crippen LogP contribution in [-0.4, -0.2) is 34.5 Å². The number of carbonyl (C=O) groups excluding carboxylic acids is 1. The lowest BCUT2D eigenvalue weighted by atomic mass is 9.53. The molecule has 0 unspecified atom stereocenters. The van der Waals surface area contributed by atoms with Crippen LogP contribution in [-0.2, 0) is 9.53 Å². The summed E-state index contributed by atoms with van der Waals surface area (Å²) in [6.45, 7) is 3.81. The molecule has 2 saturated carbocycles. The van der Waals surface area contributed by atoms with E-state index in [9.17, 15) is 15.0 Å².